The first kappa shape index (κ1) is 11.4. The molecule has 0 aliphatic carbocycles. The quantitative estimate of drug-likeness (QED) is 0.640. The van der Waals surface area contributed by atoms with Gasteiger partial charge in [0.15, 0.2) is 0 Å². The van der Waals surface area contributed by atoms with E-state index >= 15 is 0 Å². The molecule has 2 rings (SSSR count). The number of benzene rings is 1. The van der Waals surface area contributed by atoms with E-state index in [-0.39, 0.29) is 11.8 Å². The summed E-state index contributed by atoms with van der Waals surface area (Å²) < 4.78 is 0. The molecule has 0 amide bonds. The lowest BCUT2D eigenvalue weighted by atomic mass is 9.99. The molecule has 1 atom stereocenters. The molecule has 1 aliphatic heterocycles. The second kappa shape index (κ2) is 4.05. The molecule has 0 fully saturated rings. The SMILES string of the molecule is CNC1N(C)c2ccccc2C1(NC)NC. The van der Waals surface area contributed by atoms with Crippen molar-refractivity contribution < 1.29 is 0 Å². The molecule has 1 aromatic rings. The molecular weight excluding hydrogens is 200 g/mol. The maximum atomic E-state index is 3.40. The zero-order chi connectivity index (χ0) is 11.8. The van der Waals surface area contributed by atoms with Crippen LogP contribution in [0.1, 0.15) is 5.56 Å². The molecule has 4 heteroatoms. The number of para-hydroxylation sites is 1. The second-order valence-corrected chi connectivity index (χ2v) is 4.13. The van der Waals surface area contributed by atoms with Crippen LogP contribution in [0.3, 0.4) is 0 Å². The fourth-order valence-electron chi connectivity index (χ4n) is 2.77. The summed E-state index contributed by atoms with van der Waals surface area (Å²) >= 11 is 0. The Morgan fingerprint density at radius 3 is 2.31 bits per heavy atom. The van der Waals surface area contributed by atoms with E-state index in [9.17, 15) is 0 Å². The molecule has 16 heavy (non-hydrogen) atoms. The van der Waals surface area contributed by atoms with Crippen molar-refractivity contribution in [2.75, 3.05) is 33.1 Å². The number of anilines is 1. The van der Waals surface area contributed by atoms with Crippen LogP contribution in [-0.2, 0) is 5.66 Å². The Morgan fingerprint density at radius 1 is 1.12 bits per heavy atom. The van der Waals surface area contributed by atoms with Crippen LogP contribution in [0.2, 0.25) is 0 Å². The Kier molecular flexibility index (Phi) is 2.88. The van der Waals surface area contributed by atoms with Gasteiger partial charge < -0.3 is 4.90 Å². The smallest absolute Gasteiger partial charge is 0.131 e. The molecule has 1 aromatic carbocycles. The number of nitrogens with one attached hydrogen (secondary N) is 3. The first-order valence-electron chi connectivity index (χ1n) is 5.58. The van der Waals surface area contributed by atoms with Crippen molar-refractivity contribution in [3.05, 3.63) is 29.8 Å². The van der Waals surface area contributed by atoms with Crippen LogP contribution in [0.15, 0.2) is 24.3 Å². The van der Waals surface area contributed by atoms with Crippen LogP contribution in [0.4, 0.5) is 5.69 Å². The van der Waals surface area contributed by atoms with E-state index < -0.39 is 0 Å². The lowest BCUT2D eigenvalue weighted by molar-refractivity contribution is 0.234. The van der Waals surface area contributed by atoms with Gasteiger partial charge in [-0.15, -0.1) is 0 Å². The van der Waals surface area contributed by atoms with Crippen LogP contribution in [0.5, 0.6) is 0 Å². The lowest BCUT2D eigenvalue weighted by Crippen LogP contribution is -2.64. The van der Waals surface area contributed by atoms with E-state index in [2.05, 4.69) is 52.2 Å². The topological polar surface area (TPSA) is 39.3 Å². The van der Waals surface area contributed by atoms with Gasteiger partial charge in [-0.05, 0) is 27.2 Å². The van der Waals surface area contributed by atoms with Crippen LogP contribution in [0.25, 0.3) is 0 Å². The summed E-state index contributed by atoms with van der Waals surface area (Å²) in [7, 11) is 8.06. The largest absolute Gasteiger partial charge is 0.355 e. The third kappa shape index (κ3) is 1.27. The van der Waals surface area contributed by atoms with Gasteiger partial charge in [-0.1, -0.05) is 18.2 Å². The van der Waals surface area contributed by atoms with Gasteiger partial charge >= 0.3 is 0 Å². The monoisotopic (exact) mass is 220 g/mol. The van der Waals surface area contributed by atoms with Crippen molar-refractivity contribution in [3.8, 4) is 0 Å². The first-order valence-corrected chi connectivity index (χ1v) is 5.58. The van der Waals surface area contributed by atoms with Crippen molar-refractivity contribution in [2.45, 2.75) is 11.8 Å². The molecule has 1 aliphatic rings. The van der Waals surface area contributed by atoms with E-state index in [1.54, 1.807) is 0 Å². The number of rotatable bonds is 3. The van der Waals surface area contributed by atoms with Crippen molar-refractivity contribution >= 4 is 5.69 Å². The molecule has 0 bridgehead atoms. The van der Waals surface area contributed by atoms with E-state index in [1.807, 2.05) is 21.1 Å². The lowest BCUT2D eigenvalue weighted by Gasteiger charge is -2.37. The molecule has 1 heterocycles. The van der Waals surface area contributed by atoms with Gasteiger partial charge in [0.25, 0.3) is 0 Å². The molecule has 88 valence electrons. The molecule has 0 aromatic heterocycles. The molecule has 0 radical (unpaired) electrons. The zero-order valence-electron chi connectivity index (χ0n) is 10.3. The number of nitrogens with zero attached hydrogens (tertiary/aromatic N) is 1. The van der Waals surface area contributed by atoms with Crippen LogP contribution in [-0.4, -0.2) is 34.4 Å². The normalized spacial score (nSPS) is 22.2. The minimum atomic E-state index is -0.236. The molecule has 3 N–H and O–H groups in total. The standard InChI is InChI=1S/C12H20N4/c1-13-11-12(14-2,15-3)9-7-5-6-8-10(9)16(11)4/h5-8,11,13-15H,1-4H3. The molecular formula is C12H20N4. The highest BCUT2D eigenvalue weighted by molar-refractivity contribution is 5.63. The zero-order valence-corrected chi connectivity index (χ0v) is 10.3. The van der Waals surface area contributed by atoms with E-state index in [0.29, 0.717) is 0 Å². The molecule has 4 nitrogen and oxygen atoms in total. The predicted molar refractivity (Wildman–Crippen MR) is 67.5 cm³/mol. The van der Waals surface area contributed by atoms with Crippen molar-refractivity contribution in [2.24, 2.45) is 0 Å². The van der Waals surface area contributed by atoms with Gasteiger partial charge in [-0.3, -0.25) is 16.0 Å². The third-order valence-electron chi connectivity index (χ3n) is 3.57. The van der Waals surface area contributed by atoms with Gasteiger partial charge in [0.05, 0.1) is 0 Å². The summed E-state index contributed by atoms with van der Waals surface area (Å²) in [5, 5.41) is 10.2. The average Bonchev–Trinajstić information content (AvgIpc) is 2.59. The summed E-state index contributed by atoms with van der Waals surface area (Å²) in [5.74, 6) is 0. The minimum absolute atomic E-state index is 0.194. The Balaban J connectivity index is 2.58. The highest BCUT2D eigenvalue weighted by Gasteiger charge is 2.47. The number of hydrogen-bond donors (Lipinski definition) is 3. The second-order valence-electron chi connectivity index (χ2n) is 4.13. The van der Waals surface area contributed by atoms with E-state index in [0.717, 1.165) is 0 Å². The molecule has 0 saturated carbocycles. The number of fused-ring (bicyclic) bond motifs is 1. The maximum absolute atomic E-state index is 3.40. The minimum Gasteiger partial charge on any atom is -0.355 e. The van der Waals surface area contributed by atoms with Crippen molar-refractivity contribution in [1.82, 2.24) is 16.0 Å². The van der Waals surface area contributed by atoms with Gasteiger partial charge in [0.1, 0.15) is 11.8 Å². The Morgan fingerprint density at radius 2 is 1.75 bits per heavy atom. The van der Waals surface area contributed by atoms with Gasteiger partial charge in [0, 0.05) is 18.3 Å². The fraction of sp³-hybridized carbons (Fsp3) is 0.500. The molecule has 1 unspecified atom stereocenters. The molecule has 0 spiro atoms. The Hall–Kier alpha value is -1.10. The van der Waals surface area contributed by atoms with E-state index in [1.165, 1.54) is 11.3 Å². The number of likely N-dealkylation sites (N-methyl/N-ethyl adjacent to an activating group) is 4. The Bertz CT molecular complexity index is 373. The highest BCUT2D eigenvalue weighted by atomic mass is 15.4. The van der Waals surface area contributed by atoms with Crippen LogP contribution < -0.4 is 20.9 Å². The summed E-state index contributed by atoms with van der Waals surface area (Å²) in [6, 6.07) is 8.46. The maximum Gasteiger partial charge on any atom is 0.131 e. The molecule has 0 saturated heterocycles. The summed E-state index contributed by atoms with van der Waals surface area (Å²) in [4.78, 5) is 2.25. The summed E-state index contributed by atoms with van der Waals surface area (Å²) in [6.07, 6.45) is 0.194. The predicted octanol–water partition coefficient (Wildman–Crippen LogP) is 0.273. The fourth-order valence-corrected chi connectivity index (χ4v) is 2.77. The highest BCUT2D eigenvalue weighted by Crippen LogP contribution is 2.39. The summed E-state index contributed by atoms with van der Waals surface area (Å²) in [6.45, 7) is 0. The van der Waals surface area contributed by atoms with E-state index in [4.69, 9.17) is 0 Å². The van der Waals surface area contributed by atoms with Gasteiger partial charge in [0.2, 0.25) is 0 Å². The third-order valence-corrected chi connectivity index (χ3v) is 3.57. The first-order chi connectivity index (χ1) is 7.71. The number of hydrogen-bond acceptors (Lipinski definition) is 4. The van der Waals surface area contributed by atoms with Crippen molar-refractivity contribution in [3.63, 3.8) is 0 Å². The van der Waals surface area contributed by atoms with Crippen LogP contribution in [0, 0.1) is 0 Å². The summed E-state index contributed by atoms with van der Waals surface area (Å²) in [5.41, 5.74) is 2.30. The van der Waals surface area contributed by atoms with Gasteiger partial charge in [-0.25, -0.2) is 0 Å². The van der Waals surface area contributed by atoms with Crippen molar-refractivity contribution in [1.29, 1.82) is 0 Å². The average molecular weight is 220 g/mol. The van der Waals surface area contributed by atoms with Crippen LogP contribution >= 0.6 is 0 Å². The van der Waals surface area contributed by atoms with Gasteiger partial charge in [-0.2, -0.15) is 0 Å². The Labute approximate surface area is 97.0 Å².